The van der Waals surface area contributed by atoms with Crippen molar-refractivity contribution in [1.82, 2.24) is 0 Å². The molecule has 0 spiro atoms. The smallest absolute Gasteiger partial charge is 0.313 e. The lowest BCUT2D eigenvalue weighted by atomic mass is 10.0. The predicted molar refractivity (Wildman–Crippen MR) is 63.9 cm³/mol. The van der Waals surface area contributed by atoms with Gasteiger partial charge in [-0.3, -0.25) is 9.59 Å². The Hall–Kier alpha value is -2.19. The molecule has 0 aliphatic rings. The predicted octanol–water partition coefficient (Wildman–Crippen LogP) is 1.79. The lowest BCUT2D eigenvalue weighted by Gasteiger charge is -2.09. The van der Waals surface area contributed by atoms with Gasteiger partial charge in [0.2, 0.25) is 0 Å². The summed E-state index contributed by atoms with van der Waals surface area (Å²) in [4.78, 5) is 25.5. The van der Waals surface area contributed by atoms with Gasteiger partial charge in [0.05, 0.1) is 19.8 Å². The summed E-state index contributed by atoms with van der Waals surface area (Å²) in [5, 5.41) is 9.79. The van der Waals surface area contributed by atoms with Crippen molar-refractivity contribution >= 4 is 17.4 Å². The number of aliphatic hydroxyl groups is 1. The van der Waals surface area contributed by atoms with Crippen molar-refractivity contribution in [3.63, 3.8) is 0 Å². The van der Waals surface area contributed by atoms with Crippen LogP contribution in [0.25, 0.3) is 4.85 Å². The van der Waals surface area contributed by atoms with Crippen LogP contribution in [0, 0.1) is 6.57 Å². The van der Waals surface area contributed by atoms with E-state index in [0.29, 0.717) is 11.3 Å². The summed E-state index contributed by atoms with van der Waals surface area (Å²) < 4.78 is 4.36. The van der Waals surface area contributed by atoms with Crippen LogP contribution in [-0.2, 0) is 14.3 Å². The molecule has 0 saturated carbocycles. The van der Waals surface area contributed by atoms with Gasteiger partial charge in [-0.15, -0.1) is 0 Å². The van der Waals surface area contributed by atoms with Crippen molar-refractivity contribution in [3.8, 4) is 0 Å². The van der Waals surface area contributed by atoms with E-state index in [1.54, 1.807) is 24.3 Å². The minimum atomic E-state index is -0.970. The Bertz CT molecular complexity index is 473. The van der Waals surface area contributed by atoms with Crippen molar-refractivity contribution in [1.29, 1.82) is 0 Å². The second kappa shape index (κ2) is 6.52. The molecule has 18 heavy (non-hydrogen) atoms. The summed E-state index contributed by atoms with van der Waals surface area (Å²) in [6.07, 6.45) is -1.46. The van der Waals surface area contributed by atoms with Gasteiger partial charge in [-0.1, -0.05) is 24.3 Å². The molecule has 0 amide bonds. The second-order valence-corrected chi connectivity index (χ2v) is 3.71. The Kier molecular flexibility index (Phi) is 5.03. The van der Waals surface area contributed by atoms with E-state index >= 15 is 0 Å². The molecule has 1 unspecified atom stereocenters. The normalized spacial score (nSPS) is 11.4. The average molecular weight is 247 g/mol. The second-order valence-electron chi connectivity index (χ2n) is 3.71. The summed E-state index contributed by atoms with van der Waals surface area (Å²) in [6.45, 7) is 6.79. The van der Waals surface area contributed by atoms with E-state index in [0.717, 1.165) is 0 Å². The molecule has 0 saturated heterocycles. The van der Waals surface area contributed by atoms with Gasteiger partial charge in [-0.05, 0) is 5.56 Å². The van der Waals surface area contributed by atoms with Gasteiger partial charge in [-0.2, -0.15) is 0 Å². The van der Waals surface area contributed by atoms with Crippen molar-refractivity contribution in [2.45, 2.75) is 18.9 Å². The lowest BCUT2D eigenvalue weighted by Crippen LogP contribution is -2.12. The zero-order chi connectivity index (χ0) is 13.5. The van der Waals surface area contributed by atoms with Crippen molar-refractivity contribution in [3.05, 3.63) is 41.2 Å². The van der Waals surface area contributed by atoms with E-state index in [4.69, 9.17) is 6.57 Å². The van der Waals surface area contributed by atoms with Crippen molar-refractivity contribution in [2.75, 3.05) is 7.11 Å². The average Bonchev–Trinajstić information content (AvgIpc) is 2.38. The van der Waals surface area contributed by atoms with Gasteiger partial charge < -0.3 is 9.84 Å². The summed E-state index contributed by atoms with van der Waals surface area (Å²) in [5.74, 6) is -1.00. The standard InChI is InChI=1S/C13H13NO4/c1-14-10-5-3-9(4-6-10)12(16)7-11(15)8-13(17)18-2/h3-6,12,16H,7-8H2,2H3. The molecule has 1 atom stereocenters. The largest absolute Gasteiger partial charge is 0.469 e. The maximum Gasteiger partial charge on any atom is 0.313 e. The molecule has 0 heterocycles. The molecule has 1 aromatic rings. The minimum Gasteiger partial charge on any atom is -0.469 e. The number of hydrogen-bond acceptors (Lipinski definition) is 4. The number of aliphatic hydroxyl groups excluding tert-OH is 1. The van der Waals surface area contributed by atoms with Crippen molar-refractivity contribution < 1.29 is 19.4 Å². The lowest BCUT2D eigenvalue weighted by molar-refractivity contribution is -0.143. The van der Waals surface area contributed by atoms with Crippen LogP contribution in [0.5, 0.6) is 0 Å². The first kappa shape index (κ1) is 13.9. The molecule has 0 aliphatic carbocycles. The highest BCUT2D eigenvalue weighted by Crippen LogP contribution is 2.21. The number of methoxy groups -OCH3 is 1. The number of esters is 1. The van der Waals surface area contributed by atoms with Gasteiger partial charge in [-0.25, -0.2) is 4.85 Å². The van der Waals surface area contributed by atoms with E-state index in [9.17, 15) is 14.7 Å². The van der Waals surface area contributed by atoms with E-state index in [2.05, 4.69) is 9.58 Å². The first-order valence-corrected chi connectivity index (χ1v) is 5.30. The molecule has 0 bridgehead atoms. The number of hydrogen-bond donors (Lipinski definition) is 1. The molecule has 94 valence electrons. The van der Waals surface area contributed by atoms with E-state index in [-0.39, 0.29) is 18.6 Å². The van der Waals surface area contributed by atoms with Gasteiger partial charge in [0.25, 0.3) is 0 Å². The molecule has 5 nitrogen and oxygen atoms in total. The van der Waals surface area contributed by atoms with Crippen LogP contribution in [0.15, 0.2) is 24.3 Å². The quantitative estimate of drug-likeness (QED) is 0.489. The summed E-state index contributed by atoms with van der Waals surface area (Å²) in [7, 11) is 1.20. The Labute approximate surface area is 105 Å². The molecule has 1 rings (SSSR count). The fourth-order valence-electron chi connectivity index (χ4n) is 1.41. The van der Waals surface area contributed by atoms with Crippen LogP contribution in [0.2, 0.25) is 0 Å². The van der Waals surface area contributed by atoms with Crippen LogP contribution < -0.4 is 0 Å². The molecule has 0 radical (unpaired) electrons. The molecule has 1 N–H and O–H groups in total. The van der Waals surface area contributed by atoms with Crippen molar-refractivity contribution in [2.24, 2.45) is 0 Å². The molecular weight excluding hydrogens is 234 g/mol. The zero-order valence-corrected chi connectivity index (χ0v) is 9.92. The van der Waals surface area contributed by atoms with Crippen LogP contribution >= 0.6 is 0 Å². The highest BCUT2D eigenvalue weighted by atomic mass is 16.5. The molecule has 0 fully saturated rings. The number of carbonyl (C=O) groups is 2. The van der Waals surface area contributed by atoms with Crippen LogP contribution in [0.4, 0.5) is 5.69 Å². The maximum atomic E-state index is 11.4. The molecule has 0 aliphatic heterocycles. The first-order valence-electron chi connectivity index (χ1n) is 5.30. The number of Topliss-reactive ketones (excluding diaryl/α,β-unsaturated/α-hetero) is 1. The fourth-order valence-corrected chi connectivity index (χ4v) is 1.41. The number of ether oxygens (including phenoxy) is 1. The number of nitrogens with zero attached hydrogens (tertiary/aromatic N) is 1. The van der Waals surface area contributed by atoms with Crippen LogP contribution in [0.1, 0.15) is 24.5 Å². The third-order valence-corrected chi connectivity index (χ3v) is 2.40. The third kappa shape index (κ3) is 4.00. The highest BCUT2D eigenvalue weighted by molar-refractivity contribution is 5.95. The summed E-state index contributed by atoms with van der Waals surface area (Å²) in [5.41, 5.74) is 1.01. The van der Waals surface area contributed by atoms with Crippen LogP contribution in [-0.4, -0.2) is 24.0 Å². The Balaban J connectivity index is 2.59. The molecular formula is C13H13NO4. The minimum absolute atomic E-state index is 0.146. The van der Waals surface area contributed by atoms with E-state index < -0.39 is 12.1 Å². The number of rotatable bonds is 5. The van der Waals surface area contributed by atoms with Gasteiger partial charge >= 0.3 is 5.97 Å². The maximum absolute atomic E-state index is 11.4. The van der Waals surface area contributed by atoms with Gasteiger partial charge in [0, 0.05) is 6.42 Å². The molecule has 0 aromatic heterocycles. The summed E-state index contributed by atoms with van der Waals surface area (Å²) in [6, 6.07) is 6.31. The first-order chi connectivity index (χ1) is 8.56. The Morgan fingerprint density at radius 3 is 2.50 bits per heavy atom. The molecule has 5 heteroatoms. The summed E-state index contributed by atoms with van der Waals surface area (Å²) >= 11 is 0. The Morgan fingerprint density at radius 1 is 1.39 bits per heavy atom. The van der Waals surface area contributed by atoms with E-state index in [1.807, 2.05) is 0 Å². The zero-order valence-electron chi connectivity index (χ0n) is 9.92. The fraction of sp³-hybridized carbons (Fsp3) is 0.308. The number of carbonyl (C=O) groups excluding carboxylic acids is 2. The van der Waals surface area contributed by atoms with Gasteiger partial charge in [0.15, 0.2) is 5.69 Å². The van der Waals surface area contributed by atoms with Crippen LogP contribution in [0.3, 0.4) is 0 Å². The topological polar surface area (TPSA) is 68.0 Å². The SMILES string of the molecule is [C-]#[N+]c1ccc(C(O)CC(=O)CC(=O)OC)cc1. The Morgan fingerprint density at radius 2 is 2.00 bits per heavy atom. The third-order valence-electron chi connectivity index (χ3n) is 2.40. The monoisotopic (exact) mass is 247 g/mol. The van der Waals surface area contributed by atoms with E-state index in [1.165, 1.54) is 7.11 Å². The molecule has 1 aromatic carbocycles. The number of benzene rings is 1. The highest BCUT2D eigenvalue weighted by Gasteiger charge is 2.16. The number of ketones is 1. The van der Waals surface area contributed by atoms with Gasteiger partial charge in [0.1, 0.15) is 12.2 Å².